The highest BCUT2D eigenvalue weighted by atomic mass is 32.2. The Kier molecular flexibility index (Phi) is 6.48. The predicted molar refractivity (Wildman–Crippen MR) is 125 cm³/mol. The fourth-order valence-electron chi connectivity index (χ4n) is 2.73. The molecule has 0 aliphatic rings. The van der Waals surface area contributed by atoms with Gasteiger partial charge in [0, 0.05) is 33.3 Å². The molecule has 0 bridgehead atoms. The van der Waals surface area contributed by atoms with E-state index in [2.05, 4.69) is 110 Å². The second-order valence-corrected chi connectivity index (χ2v) is 10.1. The van der Waals surface area contributed by atoms with Crippen LogP contribution >= 0.6 is 11.8 Å². The zero-order valence-corrected chi connectivity index (χ0v) is 18.2. The lowest BCUT2D eigenvalue weighted by Gasteiger charge is -2.01. The van der Waals surface area contributed by atoms with E-state index >= 15 is 0 Å². The quantitative estimate of drug-likeness (QED) is 0.251. The Morgan fingerprint density at radius 3 is 1.36 bits per heavy atom. The van der Waals surface area contributed by atoms with Gasteiger partial charge in [-0.1, -0.05) is 47.7 Å². The number of aryl methyl sites for hydroxylation is 1. The van der Waals surface area contributed by atoms with Gasteiger partial charge < -0.3 is 0 Å². The first-order valence-electron chi connectivity index (χ1n) is 9.18. The highest BCUT2D eigenvalue weighted by Gasteiger charge is 2.11. The van der Waals surface area contributed by atoms with E-state index in [1.807, 2.05) is 0 Å². The Hall–Kier alpha value is -2.07. The summed E-state index contributed by atoms with van der Waals surface area (Å²) in [4.78, 5) is 7.86. The van der Waals surface area contributed by atoms with Gasteiger partial charge in [-0.15, -0.1) is 0 Å². The molecule has 0 atom stereocenters. The Morgan fingerprint density at radius 2 is 0.857 bits per heavy atom. The first-order valence-corrected chi connectivity index (χ1v) is 11.8. The van der Waals surface area contributed by atoms with Crippen molar-refractivity contribution in [3.8, 4) is 0 Å². The molecule has 0 N–H and O–H groups in total. The third-order valence-electron chi connectivity index (χ3n) is 4.22. The van der Waals surface area contributed by atoms with Crippen LogP contribution in [0.3, 0.4) is 0 Å². The van der Waals surface area contributed by atoms with E-state index in [9.17, 15) is 0 Å². The number of hydrogen-bond donors (Lipinski definition) is 0. The molecule has 4 rings (SSSR count). The molecule has 0 fully saturated rings. The van der Waals surface area contributed by atoms with Crippen molar-refractivity contribution in [3.05, 3.63) is 109 Å². The number of rotatable bonds is 6. The summed E-state index contributed by atoms with van der Waals surface area (Å²) in [6, 6.07) is 37.1. The molecule has 4 aromatic carbocycles. The average molecular weight is 419 g/mol. The molecular weight excluding hydrogens is 396 g/mol. The predicted octanol–water partition coefficient (Wildman–Crippen LogP) is 6.61. The van der Waals surface area contributed by atoms with Crippen molar-refractivity contribution >= 4 is 35.3 Å². The molecule has 0 saturated carbocycles. The van der Waals surface area contributed by atoms with Crippen molar-refractivity contribution in [1.29, 1.82) is 0 Å². The Balaban J connectivity index is 1.36. The highest BCUT2D eigenvalue weighted by Crippen LogP contribution is 2.28. The van der Waals surface area contributed by atoms with E-state index in [4.69, 9.17) is 0 Å². The van der Waals surface area contributed by atoms with Gasteiger partial charge in [0.15, 0.2) is 19.6 Å². The van der Waals surface area contributed by atoms with E-state index < -0.39 is 0 Å². The minimum Gasteiger partial charge on any atom is -0.0901 e. The van der Waals surface area contributed by atoms with Gasteiger partial charge in [-0.25, -0.2) is 0 Å². The maximum absolute atomic E-state index is 2.24. The molecule has 4 aromatic rings. The Bertz CT molecular complexity index is 1010. The van der Waals surface area contributed by atoms with Gasteiger partial charge in [-0.3, -0.25) is 0 Å². The van der Waals surface area contributed by atoms with Crippen molar-refractivity contribution in [2.45, 2.75) is 36.3 Å². The summed E-state index contributed by atoms with van der Waals surface area (Å²) in [5.41, 5.74) is 1.31. The molecular formula is C25H22S3+2. The Morgan fingerprint density at radius 1 is 0.464 bits per heavy atom. The molecule has 0 aliphatic heterocycles. The average Bonchev–Trinajstić information content (AvgIpc) is 2.73. The van der Waals surface area contributed by atoms with Crippen LogP contribution in [0, 0.1) is 6.92 Å². The van der Waals surface area contributed by atoms with Crippen LogP contribution in [0.2, 0.25) is 0 Å². The summed E-state index contributed by atoms with van der Waals surface area (Å²) < 4.78 is 0. The molecule has 28 heavy (non-hydrogen) atoms. The van der Waals surface area contributed by atoms with Crippen LogP contribution < -0.4 is 0 Å². The maximum Gasteiger partial charge on any atom is 0.158 e. The SMILES string of the molecule is Cc1ccc([SH+]c2ccc([SH+]c3ccc(Sc4ccccc4)cc3)cc2)cc1. The number of hydrogen-bond acceptors (Lipinski definition) is 1. The molecule has 0 aromatic heterocycles. The molecule has 0 spiro atoms. The van der Waals surface area contributed by atoms with Gasteiger partial charge in [0.2, 0.25) is 0 Å². The molecule has 0 nitrogen and oxygen atoms in total. The molecule has 0 unspecified atom stereocenters. The Labute approximate surface area is 179 Å². The summed E-state index contributed by atoms with van der Waals surface area (Å²) in [6.07, 6.45) is 0. The van der Waals surface area contributed by atoms with Gasteiger partial charge >= 0.3 is 0 Å². The third kappa shape index (κ3) is 5.48. The van der Waals surface area contributed by atoms with Crippen LogP contribution in [0.15, 0.2) is 133 Å². The third-order valence-corrected chi connectivity index (χ3v) is 7.46. The van der Waals surface area contributed by atoms with E-state index in [-0.39, 0.29) is 0 Å². The first-order chi connectivity index (χ1) is 13.7. The van der Waals surface area contributed by atoms with E-state index in [1.165, 1.54) is 58.5 Å². The van der Waals surface area contributed by atoms with Gasteiger partial charge in [0.05, 0.1) is 0 Å². The lowest BCUT2D eigenvalue weighted by molar-refractivity contribution is 1.30. The number of thiol groups is 2. The van der Waals surface area contributed by atoms with Gasteiger partial charge in [0.25, 0.3) is 0 Å². The zero-order valence-electron chi connectivity index (χ0n) is 15.6. The largest absolute Gasteiger partial charge is 0.158 e. The van der Waals surface area contributed by atoms with Crippen LogP contribution in [0.25, 0.3) is 0 Å². The minimum atomic E-state index is 1.25. The lowest BCUT2D eigenvalue weighted by atomic mass is 10.2. The van der Waals surface area contributed by atoms with Crippen LogP contribution in [0.4, 0.5) is 0 Å². The van der Waals surface area contributed by atoms with Crippen LogP contribution in [-0.2, 0) is 23.5 Å². The monoisotopic (exact) mass is 418 g/mol. The second kappa shape index (κ2) is 9.42. The standard InChI is InChI=1S/C25H20S3/c1-19-7-9-21(10-8-19)27-23-15-17-25(18-16-23)28-24-13-11-22(12-14-24)26-20-5-3-2-4-6-20/h2-18H,1H3/p+2. The summed E-state index contributed by atoms with van der Waals surface area (Å²) in [7, 11) is 0. The van der Waals surface area contributed by atoms with E-state index in [0.29, 0.717) is 0 Å². The van der Waals surface area contributed by atoms with Crippen LogP contribution in [0.1, 0.15) is 5.56 Å². The highest BCUT2D eigenvalue weighted by molar-refractivity contribution is 7.99. The summed E-state index contributed by atoms with van der Waals surface area (Å²) in [5.74, 6) is 0. The minimum absolute atomic E-state index is 1.25. The van der Waals surface area contributed by atoms with E-state index in [0.717, 1.165) is 0 Å². The smallest absolute Gasteiger partial charge is 0.0901 e. The maximum atomic E-state index is 2.24. The molecule has 0 saturated heterocycles. The molecule has 138 valence electrons. The first kappa shape index (κ1) is 19.3. The van der Waals surface area contributed by atoms with Gasteiger partial charge in [-0.05, 0) is 79.7 Å². The fraction of sp³-hybridized carbons (Fsp3) is 0.0400. The molecule has 0 aliphatic carbocycles. The van der Waals surface area contributed by atoms with Gasteiger partial charge in [0.1, 0.15) is 0 Å². The second-order valence-electron chi connectivity index (χ2n) is 6.48. The molecule has 0 amide bonds. The summed E-state index contributed by atoms with van der Waals surface area (Å²) >= 11 is 4.31. The molecule has 0 heterocycles. The van der Waals surface area contributed by atoms with Crippen LogP contribution in [-0.4, -0.2) is 0 Å². The van der Waals surface area contributed by atoms with Gasteiger partial charge in [-0.2, -0.15) is 0 Å². The van der Waals surface area contributed by atoms with E-state index in [1.54, 1.807) is 11.8 Å². The van der Waals surface area contributed by atoms with Crippen LogP contribution in [0.5, 0.6) is 0 Å². The fourth-order valence-corrected chi connectivity index (χ4v) is 5.36. The number of benzene rings is 4. The van der Waals surface area contributed by atoms with Crippen molar-refractivity contribution in [1.82, 2.24) is 0 Å². The lowest BCUT2D eigenvalue weighted by Crippen LogP contribution is -1.88. The zero-order chi connectivity index (χ0) is 19.2. The van der Waals surface area contributed by atoms with Crippen molar-refractivity contribution in [2.75, 3.05) is 0 Å². The molecule has 3 heteroatoms. The normalized spacial score (nSPS) is 10.8. The summed E-state index contributed by atoms with van der Waals surface area (Å²) in [5, 5.41) is 0. The van der Waals surface area contributed by atoms with Crippen molar-refractivity contribution in [3.63, 3.8) is 0 Å². The van der Waals surface area contributed by atoms with Crippen molar-refractivity contribution in [2.24, 2.45) is 0 Å². The molecule has 0 radical (unpaired) electrons. The summed E-state index contributed by atoms with van der Waals surface area (Å²) in [6.45, 7) is 2.13. The van der Waals surface area contributed by atoms with Crippen molar-refractivity contribution < 1.29 is 0 Å². The topological polar surface area (TPSA) is 0 Å².